The van der Waals surface area contributed by atoms with Gasteiger partial charge < -0.3 is 19.7 Å². The number of nitrogens with zero attached hydrogens (tertiary/aromatic N) is 3. The summed E-state index contributed by atoms with van der Waals surface area (Å²) in [6, 6.07) is 13.6. The first kappa shape index (κ1) is 17.9. The highest BCUT2D eigenvalue weighted by Gasteiger charge is 2.45. The molecule has 2 aromatic rings. The summed E-state index contributed by atoms with van der Waals surface area (Å²) >= 11 is 0. The molecule has 148 valence electrons. The molecule has 1 aromatic heterocycles. The topological polar surface area (TPSA) is 59.5 Å². The number of hydrogen-bond acceptors (Lipinski definition) is 6. The van der Waals surface area contributed by atoms with Crippen LogP contribution in [0.4, 0.5) is 11.8 Å². The van der Waals surface area contributed by atoms with Crippen LogP contribution in [0, 0.1) is 5.92 Å². The maximum atomic E-state index is 5.85. The van der Waals surface area contributed by atoms with E-state index in [0.29, 0.717) is 23.9 Å². The summed E-state index contributed by atoms with van der Waals surface area (Å²) in [5.41, 5.74) is 1.39. The lowest BCUT2D eigenvalue weighted by molar-refractivity contribution is 0.0460. The molecule has 3 aliphatic heterocycles. The van der Waals surface area contributed by atoms with Crippen LogP contribution in [0.15, 0.2) is 42.6 Å². The van der Waals surface area contributed by atoms with Gasteiger partial charge in [-0.1, -0.05) is 30.3 Å². The molecule has 0 bridgehead atoms. The first-order valence-corrected chi connectivity index (χ1v) is 10.4. The average Bonchev–Trinajstić information content (AvgIpc) is 3.15. The third-order valence-corrected chi connectivity index (χ3v) is 6.31. The number of anilines is 2. The Morgan fingerprint density at radius 3 is 2.75 bits per heavy atom. The zero-order valence-electron chi connectivity index (χ0n) is 16.2. The van der Waals surface area contributed by atoms with Crippen LogP contribution in [0.1, 0.15) is 30.7 Å². The molecule has 0 spiro atoms. The molecule has 0 saturated carbocycles. The van der Waals surface area contributed by atoms with E-state index in [9.17, 15) is 0 Å². The molecule has 0 radical (unpaired) electrons. The van der Waals surface area contributed by atoms with Gasteiger partial charge in [0.25, 0.3) is 0 Å². The Bertz CT molecular complexity index is 781. The van der Waals surface area contributed by atoms with Crippen molar-refractivity contribution in [1.82, 2.24) is 9.97 Å². The monoisotopic (exact) mass is 380 g/mol. The third-order valence-electron chi connectivity index (χ3n) is 6.31. The van der Waals surface area contributed by atoms with E-state index in [1.54, 1.807) is 0 Å². The van der Waals surface area contributed by atoms with E-state index in [4.69, 9.17) is 14.5 Å². The van der Waals surface area contributed by atoms with E-state index < -0.39 is 0 Å². The second-order valence-corrected chi connectivity index (χ2v) is 8.06. The van der Waals surface area contributed by atoms with Gasteiger partial charge in [0.15, 0.2) is 0 Å². The predicted molar refractivity (Wildman–Crippen MR) is 109 cm³/mol. The summed E-state index contributed by atoms with van der Waals surface area (Å²) in [5.74, 6) is 2.67. The lowest BCUT2D eigenvalue weighted by Crippen LogP contribution is -2.39. The molecule has 3 aliphatic rings. The average molecular weight is 380 g/mol. The second-order valence-electron chi connectivity index (χ2n) is 8.06. The molecule has 1 aromatic carbocycles. The van der Waals surface area contributed by atoms with E-state index in [0.717, 1.165) is 64.0 Å². The van der Waals surface area contributed by atoms with Gasteiger partial charge in [0.1, 0.15) is 5.82 Å². The van der Waals surface area contributed by atoms with Gasteiger partial charge in [-0.2, -0.15) is 4.98 Å². The van der Waals surface area contributed by atoms with E-state index in [1.807, 2.05) is 12.3 Å². The van der Waals surface area contributed by atoms with Crippen molar-refractivity contribution in [3.05, 3.63) is 48.2 Å². The number of aromatic nitrogens is 2. The molecule has 28 heavy (non-hydrogen) atoms. The molecule has 4 heterocycles. The first-order chi connectivity index (χ1) is 13.9. The largest absolute Gasteiger partial charge is 0.381 e. The predicted octanol–water partition coefficient (Wildman–Crippen LogP) is 3.08. The Labute approximate surface area is 166 Å². The molecular weight excluding hydrogens is 352 g/mol. The zero-order chi connectivity index (χ0) is 18.8. The van der Waals surface area contributed by atoms with Crippen molar-refractivity contribution in [3.63, 3.8) is 0 Å². The number of fused-ring (bicyclic) bond motifs is 1. The summed E-state index contributed by atoms with van der Waals surface area (Å²) in [4.78, 5) is 11.9. The van der Waals surface area contributed by atoms with Crippen molar-refractivity contribution in [2.75, 3.05) is 43.2 Å². The van der Waals surface area contributed by atoms with E-state index in [1.165, 1.54) is 5.56 Å². The lowest BCUT2D eigenvalue weighted by atomic mass is 9.84. The molecule has 5 rings (SSSR count). The van der Waals surface area contributed by atoms with Gasteiger partial charge in [0, 0.05) is 43.8 Å². The fourth-order valence-electron chi connectivity index (χ4n) is 4.92. The van der Waals surface area contributed by atoms with Crippen LogP contribution < -0.4 is 10.2 Å². The fraction of sp³-hybridized carbons (Fsp3) is 0.545. The van der Waals surface area contributed by atoms with Crippen molar-refractivity contribution in [2.24, 2.45) is 5.92 Å². The second kappa shape index (κ2) is 8.05. The van der Waals surface area contributed by atoms with Gasteiger partial charge in [-0.3, -0.25) is 0 Å². The van der Waals surface area contributed by atoms with Crippen LogP contribution in [0.5, 0.6) is 0 Å². The van der Waals surface area contributed by atoms with Gasteiger partial charge in [-0.15, -0.1) is 0 Å². The van der Waals surface area contributed by atoms with E-state index >= 15 is 0 Å². The zero-order valence-corrected chi connectivity index (χ0v) is 16.2. The highest BCUT2D eigenvalue weighted by Crippen LogP contribution is 2.42. The van der Waals surface area contributed by atoms with E-state index in [-0.39, 0.29) is 0 Å². The molecule has 3 fully saturated rings. The molecule has 3 saturated heterocycles. The minimum absolute atomic E-state index is 0.336. The first-order valence-electron chi connectivity index (χ1n) is 10.4. The molecule has 1 N–H and O–H groups in total. The van der Waals surface area contributed by atoms with Gasteiger partial charge in [0.05, 0.1) is 19.3 Å². The van der Waals surface area contributed by atoms with Crippen molar-refractivity contribution in [3.8, 4) is 0 Å². The lowest BCUT2D eigenvalue weighted by Gasteiger charge is -2.32. The number of rotatable bonds is 4. The minimum Gasteiger partial charge on any atom is -0.381 e. The Morgan fingerprint density at radius 1 is 1.00 bits per heavy atom. The number of benzene rings is 1. The smallest absolute Gasteiger partial charge is 0.227 e. The SMILES string of the molecule is c1ccc([C@@H]2CN(c3nccc(N[C@@H]4CCCOC4)n3)[C@@H]3CCOC[C@@H]32)cc1. The highest BCUT2D eigenvalue weighted by atomic mass is 16.5. The number of hydrogen-bond donors (Lipinski definition) is 1. The number of ether oxygens (including phenoxy) is 2. The maximum absolute atomic E-state index is 5.85. The summed E-state index contributed by atoms with van der Waals surface area (Å²) in [6.45, 7) is 4.20. The standard InChI is InChI=1S/C22H28N4O2/c1-2-5-16(6-3-1)18-13-26(20-9-12-28-15-19(18)20)22-23-10-8-21(25-22)24-17-7-4-11-27-14-17/h1-3,5-6,8,10,17-20H,4,7,9,11-15H2,(H,23,24,25)/t17-,18+,19-,20-/m1/s1. The molecule has 0 aliphatic carbocycles. The van der Waals surface area contributed by atoms with Gasteiger partial charge in [-0.25, -0.2) is 4.98 Å². The maximum Gasteiger partial charge on any atom is 0.227 e. The van der Waals surface area contributed by atoms with Gasteiger partial charge in [-0.05, 0) is 30.9 Å². The van der Waals surface area contributed by atoms with Crippen LogP contribution in [0.2, 0.25) is 0 Å². The molecule has 4 atom stereocenters. The molecule has 6 heteroatoms. The van der Waals surface area contributed by atoms with Crippen molar-refractivity contribution < 1.29 is 9.47 Å². The quantitative estimate of drug-likeness (QED) is 0.880. The van der Waals surface area contributed by atoms with Crippen molar-refractivity contribution >= 4 is 11.8 Å². The third kappa shape index (κ3) is 3.59. The van der Waals surface area contributed by atoms with Crippen molar-refractivity contribution in [2.45, 2.75) is 37.3 Å². The van der Waals surface area contributed by atoms with Crippen LogP contribution in [0.3, 0.4) is 0 Å². The Kier molecular flexibility index (Phi) is 5.14. The summed E-state index contributed by atoms with van der Waals surface area (Å²) in [6.07, 6.45) is 5.13. The van der Waals surface area contributed by atoms with Crippen molar-refractivity contribution in [1.29, 1.82) is 0 Å². The van der Waals surface area contributed by atoms with Crippen LogP contribution in [-0.2, 0) is 9.47 Å². The fourth-order valence-corrected chi connectivity index (χ4v) is 4.92. The Hall–Kier alpha value is -2.18. The summed E-state index contributed by atoms with van der Waals surface area (Å²) in [5, 5.41) is 3.53. The van der Waals surface area contributed by atoms with Crippen LogP contribution >= 0.6 is 0 Å². The normalized spacial score (nSPS) is 30.1. The van der Waals surface area contributed by atoms with Gasteiger partial charge in [0.2, 0.25) is 5.95 Å². The Balaban J connectivity index is 1.38. The highest BCUT2D eigenvalue weighted by molar-refractivity contribution is 5.45. The molecule has 6 nitrogen and oxygen atoms in total. The van der Waals surface area contributed by atoms with E-state index in [2.05, 4.69) is 45.5 Å². The van der Waals surface area contributed by atoms with Crippen LogP contribution in [0.25, 0.3) is 0 Å². The Morgan fingerprint density at radius 2 is 1.89 bits per heavy atom. The number of nitrogens with one attached hydrogen (secondary N) is 1. The molecule has 0 amide bonds. The van der Waals surface area contributed by atoms with Crippen LogP contribution in [-0.4, -0.2) is 55.0 Å². The van der Waals surface area contributed by atoms with Gasteiger partial charge >= 0.3 is 0 Å². The summed E-state index contributed by atoms with van der Waals surface area (Å²) < 4.78 is 11.4. The molecular formula is C22H28N4O2. The summed E-state index contributed by atoms with van der Waals surface area (Å²) in [7, 11) is 0. The minimum atomic E-state index is 0.336. The molecule has 0 unspecified atom stereocenters.